The molecular formula is C14H25NO2. The third kappa shape index (κ3) is 2.82. The summed E-state index contributed by atoms with van der Waals surface area (Å²) in [5, 5.41) is 12.6. The highest BCUT2D eigenvalue weighted by Gasteiger charge is 2.39. The zero-order valence-corrected chi connectivity index (χ0v) is 10.9. The van der Waals surface area contributed by atoms with E-state index in [1.807, 2.05) is 0 Å². The normalized spacial score (nSPS) is 31.6. The van der Waals surface area contributed by atoms with E-state index < -0.39 is 0 Å². The van der Waals surface area contributed by atoms with Crippen LogP contribution in [0, 0.1) is 11.3 Å². The molecule has 2 aliphatic rings. The summed E-state index contributed by atoms with van der Waals surface area (Å²) in [6.07, 6.45) is 8.16. The summed E-state index contributed by atoms with van der Waals surface area (Å²) in [6, 6.07) is 0. The Balaban J connectivity index is 1.80. The number of amides is 1. The molecule has 2 unspecified atom stereocenters. The minimum absolute atomic E-state index is 0.0722. The predicted octanol–water partition coefficient (Wildman–Crippen LogP) is 2.23. The van der Waals surface area contributed by atoms with Crippen LogP contribution in [0.3, 0.4) is 0 Å². The molecule has 3 nitrogen and oxygen atoms in total. The molecule has 0 heterocycles. The topological polar surface area (TPSA) is 49.3 Å². The van der Waals surface area contributed by atoms with E-state index >= 15 is 0 Å². The van der Waals surface area contributed by atoms with E-state index in [0.29, 0.717) is 5.92 Å². The largest absolute Gasteiger partial charge is 0.393 e. The lowest BCUT2D eigenvalue weighted by molar-refractivity contribution is -0.131. The Kier molecular flexibility index (Phi) is 4.08. The molecule has 2 atom stereocenters. The summed E-state index contributed by atoms with van der Waals surface area (Å²) >= 11 is 0. The average molecular weight is 239 g/mol. The van der Waals surface area contributed by atoms with Crippen molar-refractivity contribution in [2.75, 3.05) is 6.54 Å². The van der Waals surface area contributed by atoms with Gasteiger partial charge < -0.3 is 10.4 Å². The van der Waals surface area contributed by atoms with Crippen LogP contribution >= 0.6 is 0 Å². The molecule has 0 radical (unpaired) electrons. The Bertz CT molecular complexity index is 271. The Morgan fingerprint density at radius 1 is 1.35 bits per heavy atom. The van der Waals surface area contributed by atoms with Crippen molar-refractivity contribution in [2.45, 2.75) is 64.4 Å². The van der Waals surface area contributed by atoms with E-state index in [4.69, 9.17) is 0 Å². The third-order valence-electron chi connectivity index (χ3n) is 4.78. The summed E-state index contributed by atoms with van der Waals surface area (Å²) < 4.78 is 0. The fraction of sp³-hybridized carbons (Fsp3) is 0.929. The molecule has 0 saturated heterocycles. The second kappa shape index (κ2) is 5.38. The van der Waals surface area contributed by atoms with Gasteiger partial charge in [-0.2, -0.15) is 0 Å². The van der Waals surface area contributed by atoms with Gasteiger partial charge in [-0.05, 0) is 44.4 Å². The molecule has 3 heteroatoms. The van der Waals surface area contributed by atoms with Gasteiger partial charge >= 0.3 is 0 Å². The molecule has 98 valence electrons. The van der Waals surface area contributed by atoms with Crippen molar-refractivity contribution in [1.82, 2.24) is 5.32 Å². The number of nitrogens with one attached hydrogen (secondary N) is 1. The predicted molar refractivity (Wildman–Crippen MR) is 67.5 cm³/mol. The number of carbonyl (C=O) groups excluding carboxylic acids is 1. The van der Waals surface area contributed by atoms with Crippen LogP contribution in [-0.2, 0) is 4.79 Å². The van der Waals surface area contributed by atoms with Crippen molar-refractivity contribution in [3.8, 4) is 0 Å². The molecule has 0 aromatic rings. The molecule has 2 N–H and O–H groups in total. The van der Waals surface area contributed by atoms with Gasteiger partial charge in [-0.1, -0.05) is 19.8 Å². The molecule has 1 amide bonds. The second-order valence-corrected chi connectivity index (χ2v) is 5.88. The maximum absolute atomic E-state index is 12.3. The van der Waals surface area contributed by atoms with E-state index in [2.05, 4.69) is 12.2 Å². The molecule has 2 fully saturated rings. The highest BCUT2D eigenvalue weighted by atomic mass is 16.3. The smallest absolute Gasteiger partial charge is 0.226 e. The number of rotatable bonds is 4. The van der Waals surface area contributed by atoms with Gasteiger partial charge in [0.2, 0.25) is 5.91 Å². The minimum Gasteiger partial charge on any atom is -0.393 e. The molecule has 2 rings (SSSR count). The summed E-state index contributed by atoms with van der Waals surface area (Å²) in [5.74, 6) is 0.753. The van der Waals surface area contributed by atoms with E-state index in [0.717, 1.165) is 45.1 Å². The summed E-state index contributed by atoms with van der Waals surface area (Å²) in [5.41, 5.74) is -0.0722. The zero-order valence-electron chi connectivity index (χ0n) is 10.9. The molecule has 2 aliphatic carbocycles. The Labute approximate surface area is 104 Å². The first-order valence-electron chi connectivity index (χ1n) is 7.12. The van der Waals surface area contributed by atoms with Gasteiger partial charge in [0.05, 0.1) is 6.10 Å². The number of carbonyl (C=O) groups is 1. The van der Waals surface area contributed by atoms with Gasteiger partial charge in [-0.25, -0.2) is 0 Å². The lowest BCUT2D eigenvalue weighted by Gasteiger charge is -2.26. The molecule has 17 heavy (non-hydrogen) atoms. The standard InChI is InChI=1S/C14H25NO2/c1-2-14(7-3-4-8-14)13(17)15-10-11-5-6-12(16)9-11/h11-12,16H,2-10H2,1H3,(H,15,17). The first-order chi connectivity index (χ1) is 8.16. The zero-order chi connectivity index (χ0) is 12.3. The highest BCUT2D eigenvalue weighted by molar-refractivity contribution is 5.82. The van der Waals surface area contributed by atoms with E-state index in [1.54, 1.807) is 0 Å². The lowest BCUT2D eigenvalue weighted by Crippen LogP contribution is -2.40. The molecule has 0 spiro atoms. The van der Waals surface area contributed by atoms with Crippen molar-refractivity contribution in [2.24, 2.45) is 11.3 Å². The number of aliphatic hydroxyl groups excluding tert-OH is 1. The summed E-state index contributed by atoms with van der Waals surface area (Å²) in [7, 11) is 0. The number of hydrogen-bond donors (Lipinski definition) is 2. The van der Waals surface area contributed by atoms with Gasteiger partial charge in [0.25, 0.3) is 0 Å². The molecular weight excluding hydrogens is 214 g/mol. The van der Waals surface area contributed by atoms with Gasteiger partial charge in [-0.3, -0.25) is 4.79 Å². The third-order valence-corrected chi connectivity index (χ3v) is 4.78. The molecule has 0 bridgehead atoms. The SMILES string of the molecule is CCC1(C(=O)NCC2CCC(O)C2)CCCC1. The van der Waals surface area contributed by atoms with Crippen molar-refractivity contribution in [3.63, 3.8) is 0 Å². The van der Waals surface area contributed by atoms with Crippen LogP contribution in [0.4, 0.5) is 0 Å². The van der Waals surface area contributed by atoms with Crippen LogP contribution in [0.1, 0.15) is 58.3 Å². The van der Waals surface area contributed by atoms with Crippen molar-refractivity contribution in [3.05, 3.63) is 0 Å². The second-order valence-electron chi connectivity index (χ2n) is 5.88. The van der Waals surface area contributed by atoms with Gasteiger partial charge in [0.15, 0.2) is 0 Å². The molecule has 0 aliphatic heterocycles. The maximum atomic E-state index is 12.3. The molecule has 2 saturated carbocycles. The van der Waals surface area contributed by atoms with Gasteiger partial charge in [-0.15, -0.1) is 0 Å². The summed E-state index contributed by atoms with van der Waals surface area (Å²) in [4.78, 5) is 12.3. The molecule has 0 aromatic heterocycles. The average Bonchev–Trinajstić information content (AvgIpc) is 2.95. The van der Waals surface area contributed by atoms with Crippen molar-refractivity contribution in [1.29, 1.82) is 0 Å². The Morgan fingerprint density at radius 2 is 2.06 bits per heavy atom. The van der Waals surface area contributed by atoms with Crippen molar-refractivity contribution >= 4 is 5.91 Å². The molecule has 0 aromatic carbocycles. The van der Waals surface area contributed by atoms with Crippen LogP contribution in [0.15, 0.2) is 0 Å². The Hall–Kier alpha value is -0.570. The highest BCUT2D eigenvalue weighted by Crippen LogP contribution is 2.41. The van der Waals surface area contributed by atoms with Crippen LogP contribution in [-0.4, -0.2) is 23.7 Å². The number of hydrogen-bond acceptors (Lipinski definition) is 2. The first-order valence-corrected chi connectivity index (χ1v) is 7.12. The van der Waals surface area contributed by atoms with Gasteiger partial charge in [0.1, 0.15) is 0 Å². The fourth-order valence-electron chi connectivity index (χ4n) is 3.45. The van der Waals surface area contributed by atoms with E-state index in [9.17, 15) is 9.90 Å². The van der Waals surface area contributed by atoms with Crippen molar-refractivity contribution < 1.29 is 9.90 Å². The lowest BCUT2D eigenvalue weighted by atomic mass is 9.82. The maximum Gasteiger partial charge on any atom is 0.226 e. The quantitative estimate of drug-likeness (QED) is 0.790. The van der Waals surface area contributed by atoms with Crippen LogP contribution in [0.2, 0.25) is 0 Å². The fourth-order valence-corrected chi connectivity index (χ4v) is 3.45. The summed E-state index contributed by atoms with van der Waals surface area (Å²) in [6.45, 7) is 2.89. The monoisotopic (exact) mass is 239 g/mol. The van der Waals surface area contributed by atoms with E-state index in [1.165, 1.54) is 12.8 Å². The van der Waals surface area contributed by atoms with E-state index in [-0.39, 0.29) is 17.4 Å². The number of aliphatic hydroxyl groups is 1. The van der Waals surface area contributed by atoms with Crippen LogP contribution in [0.5, 0.6) is 0 Å². The van der Waals surface area contributed by atoms with Crippen LogP contribution < -0.4 is 5.32 Å². The van der Waals surface area contributed by atoms with Gasteiger partial charge in [0, 0.05) is 12.0 Å². The minimum atomic E-state index is -0.136. The van der Waals surface area contributed by atoms with Crippen LogP contribution in [0.25, 0.3) is 0 Å². The Morgan fingerprint density at radius 3 is 2.59 bits per heavy atom. The first kappa shape index (κ1) is 12.9.